The second-order valence-corrected chi connectivity index (χ2v) is 7.97. The minimum absolute atomic E-state index is 0.358. The van der Waals surface area contributed by atoms with E-state index in [1.165, 1.54) is 0 Å². The second kappa shape index (κ2) is 17.7. The number of aliphatic carboxylic acids is 4. The molecule has 0 aliphatic carbocycles. The normalized spacial score (nSPS) is 13.6. The van der Waals surface area contributed by atoms with E-state index in [1.807, 2.05) is 6.07 Å². The smallest absolute Gasteiger partial charge is 0.328 e. The SMILES string of the molecule is C#CCOCCn1c(N2CCCN(C)CC2)nc2ccccc21.O=C(O)/C=C/C(=O)O.O=C(O)/C=C/C(=O)O. The van der Waals surface area contributed by atoms with Crippen LogP contribution in [0.15, 0.2) is 48.6 Å². The quantitative estimate of drug-likeness (QED) is 0.202. The topological polar surface area (TPSA) is 183 Å². The maximum absolute atomic E-state index is 9.55. The predicted octanol–water partition coefficient (Wildman–Crippen LogP) is 1.25. The molecule has 1 saturated heterocycles. The van der Waals surface area contributed by atoms with Crippen molar-refractivity contribution >= 4 is 40.9 Å². The summed E-state index contributed by atoms with van der Waals surface area (Å²) < 4.78 is 7.74. The number of terminal acetylenes is 1. The highest BCUT2D eigenvalue weighted by molar-refractivity contribution is 5.90. The van der Waals surface area contributed by atoms with Gasteiger partial charge in [0, 0.05) is 50.5 Å². The molecule has 2 aromatic rings. The molecule has 0 amide bonds. The van der Waals surface area contributed by atoms with Gasteiger partial charge >= 0.3 is 23.9 Å². The van der Waals surface area contributed by atoms with Crippen LogP contribution in [0.4, 0.5) is 5.95 Å². The van der Waals surface area contributed by atoms with Crippen molar-refractivity contribution < 1.29 is 44.3 Å². The number of imidazole rings is 1. The molecule has 13 heteroatoms. The lowest BCUT2D eigenvalue weighted by Crippen LogP contribution is -2.31. The zero-order valence-electron chi connectivity index (χ0n) is 21.5. The average molecular weight is 545 g/mol. The van der Waals surface area contributed by atoms with E-state index < -0.39 is 23.9 Å². The van der Waals surface area contributed by atoms with E-state index in [1.54, 1.807) is 0 Å². The second-order valence-electron chi connectivity index (χ2n) is 7.97. The Hall–Kier alpha value is -4.67. The van der Waals surface area contributed by atoms with E-state index in [0.717, 1.165) is 56.1 Å². The lowest BCUT2D eigenvalue weighted by Gasteiger charge is -2.23. The first-order valence-corrected chi connectivity index (χ1v) is 11.7. The van der Waals surface area contributed by atoms with Gasteiger partial charge in [-0.25, -0.2) is 24.2 Å². The summed E-state index contributed by atoms with van der Waals surface area (Å²) in [6.07, 6.45) is 8.64. The van der Waals surface area contributed by atoms with Crippen molar-refractivity contribution in [2.45, 2.75) is 13.0 Å². The molecule has 2 heterocycles. The standard InChI is InChI=1S/C18H24N4O.2C4H4O4/c1-3-14-23-15-13-22-17-8-5-4-7-16(17)19-18(22)21-10-6-9-20(2)11-12-21;2*5-3(6)1-2-4(7)8/h1,4-5,7-8H,6,9-15H2,2H3;2*1-2H,(H,5,6)(H,7,8)/b;2*2-1+. The number of rotatable bonds is 9. The number of hydrogen-bond acceptors (Lipinski definition) is 8. The third kappa shape index (κ3) is 13.4. The minimum Gasteiger partial charge on any atom is -0.478 e. The Kier molecular flexibility index (Phi) is 14.7. The third-order valence-corrected chi connectivity index (χ3v) is 5.02. The zero-order valence-corrected chi connectivity index (χ0v) is 21.5. The average Bonchev–Trinajstić information content (AvgIpc) is 3.11. The summed E-state index contributed by atoms with van der Waals surface area (Å²) in [5.74, 6) is -1.47. The summed E-state index contributed by atoms with van der Waals surface area (Å²) in [5, 5.41) is 31.2. The van der Waals surface area contributed by atoms with Gasteiger partial charge in [0.15, 0.2) is 0 Å². The van der Waals surface area contributed by atoms with Crippen molar-refractivity contribution in [2.24, 2.45) is 0 Å². The number of nitrogens with zero attached hydrogens (tertiary/aromatic N) is 4. The van der Waals surface area contributed by atoms with Gasteiger partial charge in [-0.15, -0.1) is 6.42 Å². The number of anilines is 1. The van der Waals surface area contributed by atoms with Crippen molar-refractivity contribution in [3.8, 4) is 12.3 Å². The number of ether oxygens (including phenoxy) is 1. The Morgan fingerprint density at radius 1 is 0.923 bits per heavy atom. The number of carboxylic acids is 4. The first-order chi connectivity index (χ1) is 18.5. The van der Waals surface area contributed by atoms with Gasteiger partial charge in [-0.3, -0.25) is 0 Å². The fourth-order valence-corrected chi connectivity index (χ4v) is 3.34. The van der Waals surface area contributed by atoms with Gasteiger partial charge in [-0.2, -0.15) is 0 Å². The van der Waals surface area contributed by atoms with Crippen LogP contribution >= 0.6 is 0 Å². The Morgan fingerprint density at radius 3 is 2.03 bits per heavy atom. The van der Waals surface area contributed by atoms with Crippen LogP contribution in [0, 0.1) is 12.3 Å². The number of likely N-dealkylation sites (N-methyl/N-ethyl adjacent to an activating group) is 1. The molecular formula is C26H32N4O9. The van der Waals surface area contributed by atoms with E-state index in [0.29, 0.717) is 37.5 Å². The first kappa shape index (κ1) is 32.4. The Morgan fingerprint density at radius 2 is 1.49 bits per heavy atom. The molecule has 1 aromatic heterocycles. The van der Waals surface area contributed by atoms with Gasteiger partial charge in [0.2, 0.25) is 5.95 Å². The van der Waals surface area contributed by atoms with Gasteiger partial charge in [0.25, 0.3) is 0 Å². The van der Waals surface area contributed by atoms with Gasteiger partial charge in [0.1, 0.15) is 6.61 Å². The number of fused-ring (bicyclic) bond motifs is 1. The maximum Gasteiger partial charge on any atom is 0.328 e. The van der Waals surface area contributed by atoms with Crippen LogP contribution in [-0.4, -0.2) is 105 Å². The number of carboxylic acid groups (broad SMARTS) is 4. The molecular weight excluding hydrogens is 512 g/mol. The number of benzene rings is 1. The molecule has 0 atom stereocenters. The van der Waals surface area contributed by atoms with Gasteiger partial charge in [-0.05, 0) is 32.1 Å². The van der Waals surface area contributed by atoms with Gasteiger partial charge in [-0.1, -0.05) is 18.1 Å². The first-order valence-electron chi connectivity index (χ1n) is 11.7. The van der Waals surface area contributed by atoms with E-state index in [-0.39, 0.29) is 0 Å². The van der Waals surface area contributed by atoms with Gasteiger partial charge in [0.05, 0.1) is 17.6 Å². The summed E-state index contributed by atoms with van der Waals surface area (Å²) in [6, 6.07) is 8.29. The van der Waals surface area contributed by atoms with E-state index in [2.05, 4.69) is 45.5 Å². The molecule has 0 spiro atoms. The van der Waals surface area contributed by atoms with Crippen LogP contribution in [0.3, 0.4) is 0 Å². The van der Waals surface area contributed by atoms with Crippen molar-refractivity contribution in [3.05, 3.63) is 48.6 Å². The molecule has 3 rings (SSSR count). The lowest BCUT2D eigenvalue weighted by molar-refractivity contribution is -0.134. The van der Waals surface area contributed by atoms with Crippen molar-refractivity contribution in [1.82, 2.24) is 14.5 Å². The molecule has 4 N–H and O–H groups in total. The third-order valence-electron chi connectivity index (χ3n) is 5.02. The highest BCUT2D eigenvalue weighted by Crippen LogP contribution is 2.23. The minimum atomic E-state index is -1.26. The molecule has 13 nitrogen and oxygen atoms in total. The van der Waals surface area contributed by atoms with Gasteiger partial charge < -0.3 is 39.5 Å². The van der Waals surface area contributed by atoms with Crippen molar-refractivity contribution in [1.29, 1.82) is 0 Å². The van der Waals surface area contributed by atoms with E-state index in [9.17, 15) is 19.2 Å². The van der Waals surface area contributed by atoms with Crippen LogP contribution in [0.5, 0.6) is 0 Å². The largest absolute Gasteiger partial charge is 0.478 e. The van der Waals surface area contributed by atoms with Crippen LogP contribution in [-0.2, 0) is 30.5 Å². The Balaban J connectivity index is 0.000000393. The van der Waals surface area contributed by atoms with E-state index >= 15 is 0 Å². The molecule has 0 bridgehead atoms. The van der Waals surface area contributed by atoms with Crippen molar-refractivity contribution in [2.75, 3.05) is 51.3 Å². The fraction of sp³-hybridized carbons (Fsp3) is 0.346. The number of carbonyl (C=O) groups is 4. The molecule has 0 unspecified atom stereocenters. The monoisotopic (exact) mass is 544 g/mol. The van der Waals surface area contributed by atoms with Crippen LogP contribution < -0.4 is 4.90 Å². The highest BCUT2D eigenvalue weighted by atomic mass is 16.5. The molecule has 210 valence electrons. The predicted molar refractivity (Wildman–Crippen MR) is 143 cm³/mol. The zero-order chi connectivity index (χ0) is 29.2. The Bertz CT molecular complexity index is 1150. The summed E-state index contributed by atoms with van der Waals surface area (Å²) in [7, 11) is 2.18. The van der Waals surface area contributed by atoms with Crippen molar-refractivity contribution in [3.63, 3.8) is 0 Å². The molecule has 0 radical (unpaired) electrons. The van der Waals surface area contributed by atoms with Crippen LogP contribution in [0.1, 0.15) is 6.42 Å². The number of para-hydroxylation sites is 2. The Labute approximate surface area is 225 Å². The maximum atomic E-state index is 9.55. The number of aromatic nitrogens is 2. The highest BCUT2D eigenvalue weighted by Gasteiger charge is 2.19. The van der Waals surface area contributed by atoms with E-state index in [4.69, 9.17) is 36.6 Å². The molecule has 1 aliphatic heterocycles. The molecule has 1 fully saturated rings. The fourth-order valence-electron chi connectivity index (χ4n) is 3.34. The molecule has 39 heavy (non-hydrogen) atoms. The summed E-state index contributed by atoms with van der Waals surface area (Å²) in [6.45, 7) is 5.98. The van der Waals surface area contributed by atoms with Crippen LogP contribution in [0.25, 0.3) is 11.0 Å². The summed E-state index contributed by atoms with van der Waals surface area (Å²) in [4.78, 5) is 47.9. The molecule has 1 aliphatic rings. The lowest BCUT2D eigenvalue weighted by atomic mass is 10.3. The number of hydrogen-bond donors (Lipinski definition) is 4. The molecule has 0 saturated carbocycles. The van der Waals surface area contributed by atoms with Crippen LogP contribution in [0.2, 0.25) is 0 Å². The summed E-state index contributed by atoms with van der Waals surface area (Å²) in [5.41, 5.74) is 2.20. The molecule has 1 aromatic carbocycles. The summed E-state index contributed by atoms with van der Waals surface area (Å²) >= 11 is 0.